The molecule has 3 aromatic heterocycles. The first-order valence-corrected chi connectivity index (χ1v) is 20.7. The highest BCUT2D eigenvalue weighted by atomic mass is 32.1. The van der Waals surface area contributed by atoms with E-state index in [4.69, 9.17) is 41.9 Å². The fourth-order valence-corrected chi connectivity index (χ4v) is 10.0. The number of hydrogen-bond donors (Lipinski definition) is 7. The van der Waals surface area contributed by atoms with Crippen LogP contribution in [0.2, 0.25) is 0 Å². The molecule has 0 saturated carbocycles. The van der Waals surface area contributed by atoms with E-state index in [1.165, 1.54) is 65.2 Å². The molecule has 5 aromatic rings. The first-order valence-electron chi connectivity index (χ1n) is 18.2. The number of esters is 1. The molecule has 17 nitrogen and oxygen atoms in total. The molecule has 0 fully saturated rings. The predicted octanol–water partition coefficient (Wildman–Crippen LogP) is 4.48. The number of fused-ring (bicyclic) bond motifs is 3. The third-order valence-corrected chi connectivity index (χ3v) is 12.5. The Morgan fingerprint density at radius 2 is 1.03 bits per heavy atom. The summed E-state index contributed by atoms with van der Waals surface area (Å²) in [6.07, 6.45) is 1.90. The van der Waals surface area contributed by atoms with Crippen LogP contribution in [-0.4, -0.2) is 60.4 Å². The van der Waals surface area contributed by atoms with E-state index < -0.39 is 35.5 Å². The molecule has 0 unspecified atom stereocenters. The number of carbonyl (C=O) groups is 6. The van der Waals surface area contributed by atoms with Crippen LogP contribution in [0, 0.1) is 0 Å². The van der Waals surface area contributed by atoms with Crippen LogP contribution in [0.5, 0.6) is 11.5 Å². The summed E-state index contributed by atoms with van der Waals surface area (Å²) in [6.45, 7) is 4.28. The minimum atomic E-state index is -0.594. The Bertz CT molecular complexity index is 2490. The van der Waals surface area contributed by atoms with Crippen LogP contribution in [0.25, 0.3) is 0 Å². The zero-order valence-corrected chi connectivity index (χ0v) is 34.5. The van der Waals surface area contributed by atoms with Crippen molar-refractivity contribution in [2.24, 2.45) is 17.2 Å². The van der Waals surface area contributed by atoms with E-state index in [1.807, 2.05) is 0 Å². The van der Waals surface area contributed by atoms with E-state index in [1.54, 1.807) is 24.3 Å². The van der Waals surface area contributed by atoms with Crippen LogP contribution < -0.4 is 38.3 Å². The Morgan fingerprint density at radius 1 is 0.617 bits per heavy atom. The molecule has 6 heterocycles. The van der Waals surface area contributed by atoms with Gasteiger partial charge in [-0.25, -0.2) is 0 Å². The van der Waals surface area contributed by atoms with E-state index in [-0.39, 0.29) is 22.6 Å². The van der Waals surface area contributed by atoms with E-state index in [9.17, 15) is 33.9 Å². The average molecular weight is 877 g/mol. The maximum absolute atomic E-state index is 12.6. The van der Waals surface area contributed by atoms with E-state index in [2.05, 4.69) is 10.6 Å². The van der Waals surface area contributed by atoms with Crippen molar-refractivity contribution in [2.45, 2.75) is 46.0 Å². The highest BCUT2D eigenvalue weighted by Crippen LogP contribution is 2.38. The number of primary amides is 3. The first-order chi connectivity index (χ1) is 28.7. The second kappa shape index (κ2) is 19.3. The quantitative estimate of drug-likeness (QED) is 0.0840. The summed E-state index contributed by atoms with van der Waals surface area (Å²) in [7, 11) is 0. The molecule has 0 saturated heterocycles. The molecule has 0 atom stereocenters. The predicted molar refractivity (Wildman–Crippen MR) is 225 cm³/mol. The van der Waals surface area contributed by atoms with Gasteiger partial charge >= 0.3 is 5.97 Å². The number of thiophene rings is 3. The molecular formula is C40H40N6O11S3. The van der Waals surface area contributed by atoms with Crippen LogP contribution in [0.1, 0.15) is 90.0 Å². The standard InChI is InChI=1S/C17H16N2O5S.C15H14N2O4S.C8H10N2O2S/c1-9(20)24-12-5-3-2-4-10(12)16(22)19-17-14(15(18)21)11-6-7-23-8-13(11)25-17;16-13(19)12-9-5-6-21-7-11(9)22-15(12)17-14(20)8-3-1-2-4-10(8)18;9-7(11)6-4-1-2-12-3-5(4)13-8(6)10/h2-5H,6-8H2,1H3,(H2,18,21)(H,19,22);1-4,18H,5-7H2,(H2,16,19)(H,17,20);1-3,10H2,(H2,9,11). The van der Waals surface area contributed by atoms with Gasteiger partial charge in [-0.3, -0.25) is 28.8 Å². The SMILES string of the molecule is CC(=O)Oc1ccccc1C(=O)Nc1sc2c(c1C(N)=O)CCOC2.NC(=O)c1c(N)sc2c1CCOC2.NC(=O)c1c(NC(=O)c2ccccc2O)sc2c1CCOC2. The monoisotopic (exact) mass is 876 g/mol. The van der Waals surface area contributed by atoms with Crippen LogP contribution >= 0.6 is 34.0 Å². The molecule has 11 N–H and O–H groups in total. The second-order valence-corrected chi connectivity index (χ2v) is 16.5. The highest BCUT2D eigenvalue weighted by molar-refractivity contribution is 7.17. The number of carbonyl (C=O) groups excluding carboxylic acids is 6. The van der Waals surface area contributed by atoms with Gasteiger partial charge in [0.15, 0.2) is 0 Å². The number of ether oxygens (including phenoxy) is 4. The number of amides is 5. The van der Waals surface area contributed by atoms with Gasteiger partial charge in [0.05, 0.1) is 72.5 Å². The van der Waals surface area contributed by atoms with Crippen molar-refractivity contribution in [3.63, 3.8) is 0 Å². The van der Waals surface area contributed by atoms with Gasteiger partial charge in [-0.05, 0) is 60.2 Å². The molecule has 20 heteroatoms. The third-order valence-electron chi connectivity index (χ3n) is 9.22. The lowest BCUT2D eigenvalue weighted by Gasteiger charge is -2.12. The largest absolute Gasteiger partial charge is 0.507 e. The van der Waals surface area contributed by atoms with E-state index in [0.717, 1.165) is 37.7 Å². The Hall–Kier alpha value is -6.16. The maximum Gasteiger partial charge on any atom is 0.308 e. The van der Waals surface area contributed by atoms with Gasteiger partial charge in [-0.1, -0.05) is 24.3 Å². The minimum absolute atomic E-state index is 0.120. The zero-order valence-electron chi connectivity index (χ0n) is 32.0. The van der Waals surface area contributed by atoms with E-state index in [0.29, 0.717) is 84.2 Å². The van der Waals surface area contributed by atoms with Gasteiger partial charge in [0, 0.05) is 21.6 Å². The molecular weight excluding hydrogens is 837 g/mol. The third kappa shape index (κ3) is 9.82. The number of rotatable bonds is 8. The highest BCUT2D eigenvalue weighted by Gasteiger charge is 2.28. The zero-order chi connectivity index (χ0) is 43.1. The van der Waals surface area contributed by atoms with Crippen molar-refractivity contribution in [1.29, 1.82) is 0 Å². The lowest BCUT2D eigenvalue weighted by atomic mass is 10.1. The lowest BCUT2D eigenvalue weighted by molar-refractivity contribution is -0.131. The van der Waals surface area contributed by atoms with E-state index >= 15 is 0 Å². The van der Waals surface area contributed by atoms with Crippen LogP contribution in [0.15, 0.2) is 48.5 Å². The van der Waals surface area contributed by atoms with Crippen molar-refractivity contribution in [2.75, 3.05) is 36.2 Å². The molecule has 3 aliphatic heterocycles. The summed E-state index contributed by atoms with van der Waals surface area (Å²) in [6, 6.07) is 12.6. The fourth-order valence-electron chi connectivity index (χ4n) is 6.59. The summed E-state index contributed by atoms with van der Waals surface area (Å²) >= 11 is 3.94. The van der Waals surface area contributed by atoms with Gasteiger partial charge in [-0.15, -0.1) is 34.0 Å². The lowest BCUT2D eigenvalue weighted by Crippen LogP contribution is -2.20. The number of aromatic hydroxyl groups is 1. The van der Waals surface area contributed by atoms with Gasteiger partial charge in [0.25, 0.3) is 29.5 Å². The molecule has 314 valence electrons. The van der Waals surface area contributed by atoms with Crippen LogP contribution in [-0.2, 0) is 58.1 Å². The molecule has 2 aromatic carbocycles. The molecule has 3 aliphatic rings. The number of para-hydroxylation sites is 2. The van der Waals surface area contributed by atoms with Crippen molar-refractivity contribution in [3.8, 4) is 11.5 Å². The summed E-state index contributed by atoms with van der Waals surface area (Å²) in [5.74, 6) is -3.07. The Balaban J connectivity index is 0.000000158. The second-order valence-electron chi connectivity index (χ2n) is 13.2. The number of phenolic OH excluding ortho intramolecular Hbond substituents is 1. The molecule has 5 amide bonds. The smallest absolute Gasteiger partial charge is 0.308 e. The molecule has 0 spiro atoms. The normalized spacial score (nSPS) is 13.7. The van der Waals surface area contributed by atoms with Gasteiger partial charge < -0.3 is 57.6 Å². The number of phenols is 1. The number of anilines is 3. The fraction of sp³-hybridized carbons (Fsp3) is 0.250. The topological polar surface area (TPSA) is 288 Å². The first kappa shape index (κ1) is 43.4. The molecule has 8 rings (SSSR count). The number of benzene rings is 2. The van der Waals surface area contributed by atoms with Crippen LogP contribution in [0.3, 0.4) is 0 Å². The Morgan fingerprint density at radius 3 is 1.50 bits per heavy atom. The number of nitrogen functional groups attached to an aromatic ring is 1. The van der Waals surface area contributed by atoms with Crippen molar-refractivity contribution in [1.82, 2.24) is 0 Å². The molecule has 0 bridgehead atoms. The summed E-state index contributed by atoms with van der Waals surface area (Å²) in [4.78, 5) is 73.6. The minimum Gasteiger partial charge on any atom is -0.507 e. The van der Waals surface area contributed by atoms with Crippen molar-refractivity contribution >= 4 is 84.5 Å². The average Bonchev–Trinajstić information content (AvgIpc) is 3.88. The van der Waals surface area contributed by atoms with Crippen molar-refractivity contribution < 1.29 is 52.8 Å². The summed E-state index contributed by atoms with van der Waals surface area (Å²) in [5.41, 5.74) is 26.0. The number of nitrogens with two attached hydrogens (primary N) is 4. The van der Waals surface area contributed by atoms with Crippen LogP contribution in [0.4, 0.5) is 15.0 Å². The molecule has 60 heavy (non-hydrogen) atoms. The van der Waals surface area contributed by atoms with Gasteiger partial charge in [0.2, 0.25) is 0 Å². The van der Waals surface area contributed by atoms with Gasteiger partial charge in [-0.2, -0.15) is 0 Å². The van der Waals surface area contributed by atoms with Gasteiger partial charge in [0.1, 0.15) is 21.5 Å². The Kier molecular flexibility index (Phi) is 13.9. The molecule has 0 aliphatic carbocycles. The Labute approximate surface area is 354 Å². The summed E-state index contributed by atoms with van der Waals surface area (Å²) in [5, 5.41) is 16.4. The number of hydrogen-bond acceptors (Lipinski definition) is 15. The number of nitrogens with one attached hydrogen (secondary N) is 2. The van der Waals surface area contributed by atoms with Crippen molar-refractivity contribution in [3.05, 3.63) is 108 Å². The molecule has 0 radical (unpaired) electrons. The maximum atomic E-state index is 12.6. The summed E-state index contributed by atoms with van der Waals surface area (Å²) < 4.78 is 21.0.